The number of aliphatic hydroxyl groups excluding tert-OH is 1. The summed E-state index contributed by atoms with van der Waals surface area (Å²) in [5, 5.41) is 20.1. The summed E-state index contributed by atoms with van der Waals surface area (Å²) in [4.78, 5) is 34.7. The van der Waals surface area contributed by atoms with Gasteiger partial charge in [0.15, 0.2) is 0 Å². The van der Waals surface area contributed by atoms with Crippen LogP contribution in [-0.4, -0.2) is 39.3 Å². The standard InChI is InChI=1S/C13H18N2O5/c1-7-6-10(17)15(3)8(2)11(7)12(18)14-9(4-5-16)13(19)20/h6,9,16H,4-5H2,1-3H3,(H,14,18)(H,19,20)/t9-/m0/s1. The number of pyridine rings is 1. The highest BCUT2D eigenvalue weighted by atomic mass is 16.4. The molecule has 1 aromatic heterocycles. The van der Waals surface area contributed by atoms with E-state index in [9.17, 15) is 14.4 Å². The van der Waals surface area contributed by atoms with Crippen molar-refractivity contribution in [3.8, 4) is 0 Å². The first-order valence-corrected chi connectivity index (χ1v) is 6.11. The average Bonchev–Trinajstić information content (AvgIpc) is 2.35. The van der Waals surface area contributed by atoms with E-state index < -0.39 is 17.9 Å². The van der Waals surface area contributed by atoms with Crippen molar-refractivity contribution in [3.05, 3.63) is 33.2 Å². The molecule has 1 atom stereocenters. The van der Waals surface area contributed by atoms with Crippen LogP contribution in [-0.2, 0) is 11.8 Å². The second-order valence-electron chi connectivity index (χ2n) is 4.56. The first-order valence-electron chi connectivity index (χ1n) is 6.11. The topological polar surface area (TPSA) is 109 Å². The van der Waals surface area contributed by atoms with Gasteiger partial charge < -0.3 is 20.1 Å². The SMILES string of the molecule is Cc1cc(=O)n(C)c(C)c1C(=O)N[C@@H](CCO)C(=O)O. The Balaban J connectivity index is 3.13. The summed E-state index contributed by atoms with van der Waals surface area (Å²) in [7, 11) is 1.54. The van der Waals surface area contributed by atoms with Crippen LogP contribution in [0.3, 0.4) is 0 Å². The van der Waals surface area contributed by atoms with Crippen molar-refractivity contribution < 1.29 is 19.8 Å². The molecule has 0 saturated carbocycles. The predicted octanol–water partition coefficient (Wildman–Crippen LogP) is -0.432. The van der Waals surface area contributed by atoms with Gasteiger partial charge in [-0.1, -0.05) is 0 Å². The molecule has 1 amide bonds. The van der Waals surface area contributed by atoms with Gasteiger partial charge in [-0.25, -0.2) is 4.79 Å². The number of aliphatic carboxylic acids is 1. The molecule has 0 aliphatic heterocycles. The van der Waals surface area contributed by atoms with Gasteiger partial charge in [-0.2, -0.15) is 0 Å². The van der Waals surface area contributed by atoms with Crippen molar-refractivity contribution >= 4 is 11.9 Å². The lowest BCUT2D eigenvalue weighted by atomic mass is 10.1. The van der Waals surface area contributed by atoms with Gasteiger partial charge in [0.25, 0.3) is 11.5 Å². The van der Waals surface area contributed by atoms with Crippen molar-refractivity contribution in [1.82, 2.24) is 9.88 Å². The van der Waals surface area contributed by atoms with Crippen molar-refractivity contribution in [2.45, 2.75) is 26.3 Å². The number of aromatic nitrogens is 1. The van der Waals surface area contributed by atoms with E-state index >= 15 is 0 Å². The second-order valence-corrected chi connectivity index (χ2v) is 4.56. The van der Waals surface area contributed by atoms with Gasteiger partial charge >= 0.3 is 5.97 Å². The maximum absolute atomic E-state index is 12.2. The number of aliphatic hydroxyl groups is 1. The summed E-state index contributed by atoms with van der Waals surface area (Å²) in [5.74, 6) is -1.79. The predicted molar refractivity (Wildman–Crippen MR) is 71.7 cm³/mol. The highest BCUT2D eigenvalue weighted by Crippen LogP contribution is 2.11. The Bertz CT molecular complexity index is 591. The summed E-state index contributed by atoms with van der Waals surface area (Å²) in [6.07, 6.45) is -0.0784. The molecule has 20 heavy (non-hydrogen) atoms. The normalized spacial score (nSPS) is 12.0. The number of carbonyl (C=O) groups excluding carboxylic acids is 1. The number of amides is 1. The fourth-order valence-electron chi connectivity index (χ4n) is 1.93. The molecule has 110 valence electrons. The molecule has 0 saturated heterocycles. The molecule has 0 aromatic carbocycles. The van der Waals surface area contributed by atoms with Gasteiger partial charge in [0.05, 0.1) is 5.56 Å². The number of carboxylic acids is 1. The number of hydrogen-bond acceptors (Lipinski definition) is 4. The highest BCUT2D eigenvalue weighted by molar-refractivity contribution is 5.98. The largest absolute Gasteiger partial charge is 0.480 e. The number of carbonyl (C=O) groups is 2. The molecule has 0 spiro atoms. The Morgan fingerprint density at radius 1 is 1.40 bits per heavy atom. The monoisotopic (exact) mass is 282 g/mol. The maximum atomic E-state index is 12.2. The molecule has 0 unspecified atom stereocenters. The van der Waals surface area contributed by atoms with Crippen LogP contribution in [0, 0.1) is 13.8 Å². The molecule has 3 N–H and O–H groups in total. The lowest BCUT2D eigenvalue weighted by Crippen LogP contribution is -2.42. The van der Waals surface area contributed by atoms with Crippen LogP contribution in [0.5, 0.6) is 0 Å². The van der Waals surface area contributed by atoms with E-state index in [-0.39, 0.29) is 24.2 Å². The van der Waals surface area contributed by atoms with Gasteiger partial charge in [0.2, 0.25) is 0 Å². The van der Waals surface area contributed by atoms with E-state index in [0.717, 1.165) is 0 Å². The molecule has 1 heterocycles. The van der Waals surface area contributed by atoms with Crippen LogP contribution in [0.15, 0.2) is 10.9 Å². The van der Waals surface area contributed by atoms with Crippen molar-refractivity contribution in [2.75, 3.05) is 6.61 Å². The first-order chi connectivity index (χ1) is 9.29. The molecule has 1 aromatic rings. The van der Waals surface area contributed by atoms with E-state index in [1.54, 1.807) is 13.8 Å². The Kier molecular flexibility index (Phi) is 5.04. The van der Waals surface area contributed by atoms with E-state index in [0.29, 0.717) is 11.3 Å². The Morgan fingerprint density at radius 2 is 2.00 bits per heavy atom. The molecule has 0 radical (unpaired) electrons. The van der Waals surface area contributed by atoms with E-state index in [1.165, 1.54) is 17.7 Å². The van der Waals surface area contributed by atoms with Crippen LogP contribution in [0.1, 0.15) is 28.0 Å². The van der Waals surface area contributed by atoms with Crippen LogP contribution in [0.2, 0.25) is 0 Å². The smallest absolute Gasteiger partial charge is 0.326 e. The second kappa shape index (κ2) is 6.33. The van der Waals surface area contributed by atoms with Gasteiger partial charge in [-0.05, 0) is 19.4 Å². The number of nitrogens with zero attached hydrogens (tertiary/aromatic N) is 1. The van der Waals surface area contributed by atoms with Crippen molar-refractivity contribution in [2.24, 2.45) is 7.05 Å². The quantitative estimate of drug-likeness (QED) is 0.679. The maximum Gasteiger partial charge on any atom is 0.326 e. The summed E-state index contributed by atoms with van der Waals surface area (Å²) in [5.41, 5.74) is 0.981. The summed E-state index contributed by atoms with van der Waals surface area (Å²) >= 11 is 0. The minimum atomic E-state index is -1.22. The Morgan fingerprint density at radius 3 is 2.50 bits per heavy atom. The molecule has 0 aliphatic rings. The number of aryl methyl sites for hydroxylation is 1. The van der Waals surface area contributed by atoms with Gasteiger partial charge in [0, 0.05) is 31.8 Å². The molecular formula is C13H18N2O5. The molecule has 0 bridgehead atoms. The lowest BCUT2D eigenvalue weighted by Gasteiger charge is -2.17. The fourth-order valence-corrected chi connectivity index (χ4v) is 1.93. The summed E-state index contributed by atoms with van der Waals surface area (Å²) in [6.45, 7) is 2.89. The summed E-state index contributed by atoms with van der Waals surface area (Å²) in [6, 6.07) is 0.160. The number of hydrogen-bond donors (Lipinski definition) is 3. The molecule has 0 aliphatic carbocycles. The zero-order valence-corrected chi connectivity index (χ0v) is 11.6. The zero-order valence-electron chi connectivity index (χ0n) is 11.6. The number of rotatable bonds is 5. The molecule has 7 heteroatoms. The highest BCUT2D eigenvalue weighted by Gasteiger charge is 2.22. The first kappa shape index (κ1) is 15.9. The molecule has 1 rings (SSSR count). The number of carboxylic acid groups (broad SMARTS) is 1. The Labute approximate surface area is 115 Å². The van der Waals surface area contributed by atoms with Crippen molar-refractivity contribution in [1.29, 1.82) is 0 Å². The van der Waals surface area contributed by atoms with Gasteiger partial charge in [0.1, 0.15) is 6.04 Å². The average molecular weight is 282 g/mol. The van der Waals surface area contributed by atoms with Gasteiger partial charge in [-0.15, -0.1) is 0 Å². The van der Waals surface area contributed by atoms with E-state index in [4.69, 9.17) is 10.2 Å². The van der Waals surface area contributed by atoms with Gasteiger partial charge in [-0.3, -0.25) is 9.59 Å². The van der Waals surface area contributed by atoms with E-state index in [1.807, 2.05) is 0 Å². The van der Waals surface area contributed by atoms with Crippen LogP contribution < -0.4 is 10.9 Å². The third kappa shape index (κ3) is 3.24. The van der Waals surface area contributed by atoms with Crippen molar-refractivity contribution in [3.63, 3.8) is 0 Å². The molecular weight excluding hydrogens is 264 g/mol. The van der Waals surface area contributed by atoms with E-state index in [2.05, 4.69) is 5.32 Å². The minimum absolute atomic E-state index is 0.0784. The molecule has 7 nitrogen and oxygen atoms in total. The fraction of sp³-hybridized carbons (Fsp3) is 0.462. The summed E-state index contributed by atoms with van der Waals surface area (Å²) < 4.78 is 1.32. The number of nitrogens with one attached hydrogen (secondary N) is 1. The van der Waals surface area contributed by atoms with Crippen LogP contribution >= 0.6 is 0 Å². The Hall–Kier alpha value is -2.15. The minimum Gasteiger partial charge on any atom is -0.480 e. The third-order valence-corrected chi connectivity index (χ3v) is 3.18. The zero-order chi connectivity index (χ0) is 15.4. The van der Waals surface area contributed by atoms with Crippen LogP contribution in [0.4, 0.5) is 0 Å². The van der Waals surface area contributed by atoms with Crippen LogP contribution in [0.25, 0.3) is 0 Å². The molecule has 0 fully saturated rings. The lowest BCUT2D eigenvalue weighted by molar-refractivity contribution is -0.139. The third-order valence-electron chi connectivity index (χ3n) is 3.18.